The van der Waals surface area contributed by atoms with Gasteiger partial charge >= 0.3 is 0 Å². The Morgan fingerprint density at radius 1 is 1.06 bits per heavy atom. The Balaban J connectivity index is 1.32. The number of ether oxygens (including phenoxy) is 1. The summed E-state index contributed by atoms with van der Waals surface area (Å²) in [6.45, 7) is 7.49. The Morgan fingerprint density at radius 3 is 2.58 bits per heavy atom. The van der Waals surface area contributed by atoms with Crippen molar-refractivity contribution in [3.63, 3.8) is 0 Å². The molecule has 1 atom stereocenters. The number of likely N-dealkylation sites (tertiary alicyclic amines) is 1. The third kappa shape index (κ3) is 5.97. The first-order valence-electron chi connectivity index (χ1n) is 12.9. The molecule has 1 aliphatic heterocycles. The van der Waals surface area contributed by atoms with Crippen LogP contribution in [0.1, 0.15) is 75.8 Å². The lowest BCUT2D eigenvalue weighted by Gasteiger charge is -2.36. The first-order chi connectivity index (χ1) is 16.1. The summed E-state index contributed by atoms with van der Waals surface area (Å²) in [6.07, 6.45) is 10.3. The molecule has 0 bridgehead atoms. The third-order valence-corrected chi connectivity index (χ3v) is 7.62. The number of nitrogens with zero attached hydrogens (tertiary/aromatic N) is 1. The molecule has 1 N–H and O–H groups in total. The van der Waals surface area contributed by atoms with Crippen molar-refractivity contribution in [2.45, 2.75) is 83.1 Å². The average molecular weight is 449 g/mol. The number of aryl methyl sites for hydroxylation is 1. The molecule has 1 heterocycles. The quantitative estimate of drug-likeness (QED) is 0.470. The predicted molar refractivity (Wildman–Crippen MR) is 136 cm³/mol. The number of benzene rings is 2. The number of anilines is 1. The van der Waals surface area contributed by atoms with Crippen LogP contribution in [0.25, 0.3) is 0 Å². The molecule has 1 saturated heterocycles. The average Bonchev–Trinajstić information content (AvgIpc) is 2.84. The predicted octanol–water partition coefficient (Wildman–Crippen LogP) is 6.48. The van der Waals surface area contributed by atoms with Gasteiger partial charge in [-0.15, -0.1) is 0 Å². The molecule has 2 aromatic carbocycles. The fourth-order valence-corrected chi connectivity index (χ4v) is 5.58. The lowest BCUT2D eigenvalue weighted by atomic mass is 9.68. The van der Waals surface area contributed by atoms with Gasteiger partial charge in [0.2, 0.25) is 5.91 Å². The van der Waals surface area contributed by atoms with Gasteiger partial charge in [0.1, 0.15) is 5.75 Å². The number of carbonyl (C=O) groups excluding carboxylic acids is 1. The van der Waals surface area contributed by atoms with Crippen molar-refractivity contribution in [2.75, 3.05) is 25.0 Å². The molecule has 1 amide bonds. The Kier molecular flexibility index (Phi) is 8.08. The lowest BCUT2D eigenvalue weighted by molar-refractivity contribution is -0.122. The first-order valence-corrected chi connectivity index (χ1v) is 12.9. The van der Waals surface area contributed by atoms with E-state index >= 15 is 0 Å². The van der Waals surface area contributed by atoms with Crippen LogP contribution < -0.4 is 10.1 Å². The molecule has 0 aromatic heterocycles. The van der Waals surface area contributed by atoms with Gasteiger partial charge in [0, 0.05) is 18.3 Å². The zero-order valence-corrected chi connectivity index (χ0v) is 20.4. The van der Waals surface area contributed by atoms with Crippen LogP contribution in [-0.2, 0) is 10.2 Å². The standard InChI is InChI=1S/C29H40N2O2/c1-23-10-8-12-25(22-23)29(17-5-3-6-18-29)28(32)30-26-13-15-27(16-14-26)33-21-9-20-31-19-7-4-11-24(31)2/h8,10,12-16,22,24H,3-7,9,11,17-21H2,1-2H3,(H,30,32). The molecule has 2 aliphatic rings. The summed E-state index contributed by atoms with van der Waals surface area (Å²) in [6, 6.07) is 17.1. The molecule has 0 spiro atoms. The smallest absolute Gasteiger partial charge is 0.235 e. The molecule has 1 aliphatic carbocycles. The molecule has 1 unspecified atom stereocenters. The first kappa shape index (κ1) is 23.8. The highest BCUT2D eigenvalue weighted by atomic mass is 16.5. The van der Waals surface area contributed by atoms with Gasteiger partial charge in [-0.3, -0.25) is 4.79 Å². The van der Waals surface area contributed by atoms with E-state index in [0.29, 0.717) is 6.04 Å². The largest absolute Gasteiger partial charge is 0.494 e. The summed E-state index contributed by atoms with van der Waals surface area (Å²) in [5.74, 6) is 0.989. The Hall–Kier alpha value is -2.33. The number of hydrogen-bond donors (Lipinski definition) is 1. The van der Waals surface area contributed by atoms with E-state index in [2.05, 4.69) is 48.3 Å². The number of carbonyl (C=O) groups is 1. The highest BCUT2D eigenvalue weighted by molar-refractivity contribution is 5.99. The Labute approximate surface area is 199 Å². The second-order valence-electron chi connectivity index (χ2n) is 10.1. The lowest BCUT2D eigenvalue weighted by Crippen LogP contribution is -2.42. The minimum atomic E-state index is -0.426. The maximum absolute atomic E-state index is 13.5. The van der Waals surface area contributed by atoms with Crippen molar-refractivity contribution < 1.29 is 9.53 Å². The topological polar surface area (TPSA) is 41.6 Å². The van der Waals surface area contributed by atoms with Gasteiger partial charge < -0.3 is 15.0 Å². The molecule has 2 fully saturated rings. The Bertz CT molecular complexity index is 902. The van der Waals surface area contributed by atoms with E-state index < -0.39 is 5.41 Å². The Morgan fingerprint density at radius 2 is 1.85 bits per heavy atom. The molecule has 0 radical (unpaired) electrons. The normalized spacial score (nSPS) is 20.8. The monoisotopic (exact) mass is 448 g/mol. The molecular formula is C29H40N2O2. The van der Waals surface area contributed by atoms with E-state index in [1.165, 1.54) is 37.8 Å². The van der Waals surface area contributed by atoms with E-state index in [4.69, 9.17) is 4.74 Å². The van der Waals surface area contributed by atoms with Gasteiger partial charge in [-0.25, -0.2) is 0 Å². The molecular weight excluding hydrogens is 408 g/mol. The zero-order chi connectivity index (χ0) is 23.1. The maximum Gasteiger partial charge on any atom is 0.235 e. The van der Waals surface area contributed by atoms with E-state index in [9.17, 15) is 4.79 Å². The second-order valence-corrected chi connectivity index (χ2v) is 10.1. The van der Waals surface area contributed by atoms with Crippen LogP contribution in [0.4, 0.5) is 5.69 Å². The summed E-state index contributed by atoms with van der Waals surface area (Å²) in [5, 5.41) is 3.21. The van der Waals surface area contributed by atoms with E-state index in [0.717, 1.165) is 62.3 Å². The summed E-state index contributed by atoms with van der Waals surface area (Å²) in [5.41, 5.74) is 2.78. The summed E-state index contributed by atoms with van der Waals surface area (Å²) in [7, 11) is 0. The van der Waals surface area contributed by atoms with Crippen LogP contribution in [0.5, 0.6) is 5.75 Å². The van der Waals surface area contributed by atoms with Crippen LogP contribution in [-0.4, -0.2) is 36.5 Å². The SMILES string of the molecule is Cc1cccc(C2(C(=O)Nc3ccc(OCCCN4CCCCC4C)cc3)CCCCC2)c1. The van der Waals surface area contributed by atoms with Gasteiger partial charge in [0.05, 0.1) is 12.0 Å². The van der Waals surface area contributed by atoms with Crippen LogP contribution >= 0.6 is 0 Å². The maximum atomic E-state index is 13.5. The van der Waals surface area contributed by atoms with E-state index in [1.807, 2.05) is 24.3 Å². The number of nitrogens with one attached hydrogen (secondary N) is 1. The van der Waals surface area contributed by atoms with Crippen LogP contribution in [0, 0.1) is 6.92 Å². The van der Waals surface area contributed by atoms with Crippen molar-refractivity contribution >= 4 is 11.6 Å². The molecule has 4 rings (SSSR count). The highest BCUT2D eigenvalue weighted by Crippen LogP contribution is 2.40. The fraction of sp³-hybridized carbons (Fsp3) is 0.552. The van der Waals surface area contributed by atoms with Crippen LogP contribution in [0.3, 0.4) is 0 Å². The van der Waals surface area contributed by atoms with Gasteiger partial charge in [0.25, 0.3) is 0 Å². The van der Waals surface area contributed by atoms with Gasteiger partial charge in [-0.1, -0.05) is 55.5 Å². The third-order valence-electron chi connectivity index (χ3n) is 7.62. The number of amides is 1. The van der Waals surface area contributed by atoms with E-state index in [1.54, 1.807) is 0 Å². The zero-order valence-electron chi connectivity index (χ0n) is 20.4. The molecule has 1 saturated carbocycles. The van der Waals surface area contributed by atoms with Crippen molar-refractivity contribution in [1.82, 2.24) is 4.90 Å². The summed E-state index contributed by atoms with van der Waals surface area (Å²) < 4.78 is 5.97. The minimum Gasteiger partial charge on any atom is -0.494 e. The minimum absolute atomic E-state index is 0.122. The van der Waals surface area contributed by atoms with Crippen molar-refractivity contribution in [1.29, 1.82) is 0 Å². The van der Waals surface area contributed by atoms with Gasteiger partial charge in [-0.2, -0.15) is 0 Å². The highest BCUT2D eigenvalue weighted by Gasteiger charge is 2.41. The van der Waals surface area contributed by atoms with Gasteiger partial charge in [-0.05, 0) is 82.3 Å². The molecule has 178 valence electrons. The number of piperidine rings is 1. The van der Waals surface area contributed by atoms with Gasteiger partial charge in [0.15, 0.2) is 0 Å². The number of hydrogen-bond acceptors (Lipinski definition) is 3. The number of rotatable bonds is 8. The van der Waals surface area contributed by atoms with E-state index in [-0.39, 0.29) is 5.91 Å². The molecule has 33 heavy (non-hydrogen) atoms. The summed E-state index contributed by atoms with van der Waals surface area (Å²) >= 11 is 0. The summed E-state index contributed by atoms with van der Waals surface area (Å²) in [4.78, 5) is 16.1. The van der Waals surface area contributed by atoms with Crippen LogP contribution in [0.15, 0.2) is 48.5 Å². The van der Waals surface area contributed by atoms with Crippen molar-refractivity contribution in [3.05, 3.63) is 59.7 Å². The van der Waals surface area contributed by atoms with Crippen LogP contribution in [0.2, 0.25) is 0 Å². The van der Waals surface area contributed by atoms with Crippen molar-refractivity contribution in [3.8, 4) is 5.75 Å². The fourth-order valence-electron chi connectivity index (χ4n) is 5.58. The van der Waals surface area contributed by atoms with Crippen molar-refractivity contribution in [2.24, 2.45) is 0 Å². The second kappa shape index (κ2) is 11.2. The molecule has 2 aromatic rings. The molecule has 4 nitrogen and oxygen atoms in total. The molecule has 4 heteroatoms.